The Hall–Kier alpha value is -1.81. The number of carbonyl (C=O) groups excluding carboxylic acids is 4. The van der Waals surface area contributed by atoms with Crippen molar-refractivity contribution < 1.29 is 42.9 Å². The molecular formula is C14H20O9S. The van der Waals surface area contributed by atoms with E-state index < -0.39 is 53.7 Å². The summed E-state index contributed by atoms with van der Waals surface area (Å²) in [5, 5.41) is 0. The number of carbonyl (C=O) groups is 4. The normalized spacial score (nSPS) is 29.3. The molecule has 0 saturated carbocycles. The summed E-state index contributed by atoms with van der Waals surface area (Å²) in [5.41, 5.74) is -0.981. The summed E-state index contributed by atoms with van der Waals surface area (Å²) in [5.74, 6) is -2.57. The summed E-state index contributed by atoms with van der Waals surface area (Å²) in [6, 6.07) is 0. The first-order valence-electron chi connectivity index (χ1n) is 7.10. The molecular weight excluding hydrogens is 344 g/mol. The highest BCUT2D eigenvalue weighted by Crippen LogP contribution is 2.30. The molecule has 0 aromatic carbocycles. The lowest BCUT2D eigenvalue weighted by atomic mass is 9.99. The SMILES string of the molecule is CC(=O)OC[C@H]1O[C@@H](S)[C@H](OC(C)=O)[C@H](OC(C)=O)[C@@H]1OC(C)=O. The van der Waals surface area contributed by atoms with Crippen molar-refractivity contribution in [1.29, 1.82) is 0 Å². The van der Waals surface area contributed by atoms with Crippen LogP contribution in [0.25, 0.3) is 0 Å². The molecule has 9 nitrogen and oxygen atoms in total. The third-order valence-corrected chi connectivity index (χ3v) is 3.38. The molecule has 1 aliphatic heterocycles. The van der Waals surface area contributed by atoms with Crippen LogP contribution in [0.3, 0.4) is 0 Å². The Morgan fingerprint density at radius 3 is 1.71 bits per heavy atom. The van der Waals surface area contributed by atoms with Gasteiger partial charge >= 0.3 is 23.9 Å². The molecule has 5 atom stereocenters. The molecule has 0 amide bonds. The average molecular weight is 364 g/mol. The third kappa shape index (κ3) is 6.00. The molecule has 1 aliphatic rings. The summed E-state index contributed by atoms with van der Waals surface area (Å²) in [7, 11) is 0. The zero-order chi connectivity index (χ0) is 18.4. The molecule has 10 heteroatoms. The van der Waals surface area contributed by atoms with Crippen LogP contribution in [0.2, 0.25) is 0 Å². The number of thiol groups is 1. The monoisotopic (exact) mass is 364 g/mol. The standard InChI is InChI=1S/C14H20O9S/c1-6(15)19-5-10-11(20-7(2)16)12(21-8(3)17)13(14(24)23-10)22-9(4)18/h10-14,24H,5H2,1-4H3/t10-,11-,12-,13-,14+/m1/s1. The van der Waals surface area contributed by atoms with Crippen LogP contribution in [0, 0.1) is 0 Å². The van der Waals surface area contributed by atoms with Gasteiger partial charge in [-0.2, -0.15) is 0 Å². The third-order valence-electron chi connectivity index (χ3n) is 2.97. The van der Waals surface area contributed by atoms with E-state index in [-0.39, 0.29) is 6.61 Å². The average Bonchev–Trinajstić information content (AvgIpc) is 2.42. The topological polar surface area (TPSA) is 114 Å². The zero-order valence-electron chi connectivity index (χ0n) is 13.7. The smallest absolute Gasteiger partial charge is 0.303 e. The Bertz CT molecular complexity index is 506. The minimum absolute atomic E-state index is 0.255. The van der Waals surface area contributed by atoms with E-state index in [4.69, 9.17) is 23.7 Å². The Labute approximate surface area is 144 Å². The summed E-state index contributed by atoms with van der Waals surface area (Å²) in [6.07, 6.45) is -4.35. The van der Waals surface area contributed by atoms with E-state index in [1.807, 2.05) is 0 Å². The molecule has 0 N–H and O–H groups in total. The highest BCUT2D eigenvalue weighted by atomic mass is 32.1. The van der Waals surface area contributed by atoms with Gasteiger partial charge in [-0.3, -0.25) is 19.2 Å². The van der Waals surface area contributed by atoms with Gasteiger partial charge < -0.3 is 23.7 Å². The summed E-state index contributed by atoms with van der Waals surface area (Å²) in [6.45, 7) is 4.42. The summed E-state index contributed by atoms with van der Waals surface area (Å²) < 4.78 is 25.8. The molecule has 24 heavy (non-hydrogen) atoms. The van der Waals surface area contributed by atoms with Gasteiger partial charge in [-0.05, 0) is 0 Å². The minimum atomic E-state index is -1.16. The van der Waals surface area contributed by atoms with Gasteiger partial charge in [0, 0.05) is 27.7 Å². The Kier molecular flexibility index (Phi) is 7.49. The molecule has 0 aromatic heterocycles. The molecule has 0 aliphatic carbocycles. The van der Waals surface area contributed by atoms with Crippen LogP contribution >= 0.6 is 12.6 Å². The van der Waals surface area contributed by atoms with Gasteiger partial charge in [0.05, 0.1) is 0 Å². The van der Waals surface area contributed by atoms with Crippen molar-refractivity contribution >= 4 is 36.5 Å². The fourth-order valence-electron chi connectivity index (χ4n) is 2.21. The van der Waals surface area contributed by atoms with E-state index in [0.29, 0.717) is 0 Å². The van der Waals surface area contributed by atoms with E-state index in [9.17, 15) is 19.2 Å². The predicted octanol–water partition coefficient (Wildman–Crippen LogP) is -0.000700. The van der Waals surface area contributed by atoms with Gasteiger partial charge in [0.1, 0.15) is 18.1 Å². The van der Waals surface area contributed by atoms with Crippen LogP contribution < -0.4 is 0 Å². The molecule has 0 radical (unpaired) electrons. The zero-order valence-corrected chi connectivity index (χ0v) is 14.6. The van der Waals surface area contributed by atoms with Crippen molar-refractivity contribution in [2.45, 2.75) is 57.5 Å². The quantitative estimate of drug-likeness (QED) is 0.409. The first-order valence-corrected chi connectivity index (χ1v) is 7.62. The first-order chi connectivity index (χ1) is 11.1. The number of esters is 4. The van der Waals surface area contributed by atoms with Crippen LogP contribution in [-0.2, 0) is 42.9 Å². The van der Waals surface area contributed by atoms with Gasteiger partial charge in [0.2, 0.25) is 0 Å². The molecule has 136 valence electrons. The van der Waals surface area contributed by atoms with E-state index in [1.54, 1.807) is 0 Å². The predicted molar refractivity (Wildman–Crippen MR) is 80.9 cm³/mol. The maximum atomic E-state index is 11.4. The maximum absolute atomic E-state index is 11.4. The van der Waals surface area contributed by atoms with Crippen molar-refractivity contribution in [3.8, 4) is 0 Å². The second-order valence-electron chi connectivity index (χ2n) is 5.09. The second-order valence-corrected chi connectivity index (χ2v) is 5.60. The number of rotatable bonds is 5. The van der Waals surface area contributed by atoms with Crippen molar-refractivity contribution in [1.82, 2.24) is 0 Å². The van der Waals surface area contributed by atoms with Crippen LogP contribution in [0.4, 0.5) is 0 Å². The molecule has 0 spiro atoms. The molecule has 1 heterocycles. The lowest BCUT2D eigenvalue weighted by molar-refractivity contribution is -0.237. The number of hydrogen-bond donors (Lipinski definition) is 1. The van der Waals surface area contributed by atoms with E-state index in [0.717, 1.165) is 20.8 Å². The Morgan fingerprint density at radius 2 is 1.25 bits per heavy atom. The van der Waals surface area contributed by atoms with Crippen LogP contribution in [0.1, 0.15) is 27.7 Å². The molecule has 1 fully saturated rings. The van der Waals surface area contributed by atoms with Crippen LogP contribution in [0.15, 0.2) is 0 Å². The minimum Gasteiger partial charge on any atom is -0.463 e. The fourth-order valence-corrected chi connectivity index (χ4v) is 2.59. The highest BCUT2D eigenvalue weighted by Gasteiger charge is 2.51. The van der Waals surface area contributed by atoms with Crippen molar-refractivity contribution in [3.05, 3.63) is 0 Å². The van der Waals surface area contributed by atoms with Gasteiger partial charge in [-0.25, -0.2) is 0 Å². The Morgan fingerprint density at radius 1 is 0.792 bits per heavy atom. The first kappa shape index (κ1) is 20.2. The van der Waals surface area contributed by atoms with Gasteiger partial charge in [-0.1, -0.05) is 0 Å². The van der Waals surface area contributed by atoms with Gasteiger partial charge in [0.15, 0.2) is 18.3 Å². The number of ether oxygens (including phenoxy) is 5. The van der Waals surface area contributed by atoms with Crippen molar-refractivity contribution in [3.63, 3.8) is 0 Å². The Balaban J connectivity index is 3.11. The summed E-state index contributed by atoms with van der Waals surface area (Å²) >= 11 is 4.18. The van der Waals surface area contributed by atoms with Crippen molar-refractivity contribution in [2.75, 3.05) is 6.61 Å². The lowest BCUT2D eigenvalue weighted by Crippen LogP contribution is -2.61. The van der Waals surface area contributed by atoms with Crippen LogP contribution in [-0.4, -0.2) is 60.3 Å². The summed E-state index contributed by atoms with van der Waals surface area (Å²) in [4.78, 5) is 45.1. The lowest BCUT2D eigenvalue weighted by Gasteiger charge is -2.42. The van der Waals surface area contributed by atoms with Gasteiger partial charge in [0.25, 0.3) is 0 Å². The molecule has 0 aromatic rings. The molecule has 0 unspecified atom stereocenters. The molecule has 0 bridgehead atoms. The molecule has 1 rings (SSSR count). The largest absolute Gasteiger partial charge is 0.463 e. The second kappa shape index (κ2) is 8.88. The highest BCUT2D eigenvalue weighted by molar-refractivity contribution is 7.80. The number of hydrogen-bond acceptors (Lipinski definition) is 10. The van der Waals surface area contributed by atoms with E-state index in [2.05, 4.69) is 12.6 Å². The fraction of sp³-hybridized carbons (Fsp3) is 0.714. The molecule has 1 saturated heterocycles. The van der Waals surface area contributed by atoms with Crippen molar-refractivity contribution in [2.24, 2.45) is 0 Å². The maximum Gasteiger partial charge on any atom is 0.303 e. The van der Waals surface area contributed by atoms with E-state index >= 15 is 0 Å². The van der Waals surface area contributed by atoms with Crippen LogP contribution in [0.5, 0.6) is 0 Å². The van der Waals surface area contributed by atoms with E-state index in [1.165, 1.54) is 6.92 Å². The van der Waals surface area contributed by atoms with Gasteiger partial charge in [-0.15, -0.1) is 12.6 Å².